The van der Waals surface area contributed by atoms with Crippen LogP contribution in [0.15, 0.2) is 12.7 Å². The Bertz CT molecular complexity index is 492. The highest BCUT2D eigenvalue weighted by Gasteiger charge is 2.39. The van der Waals surface area contributed by atoms with Crippen LogP contribution in [-0.2, 0) is 24.0 Å². The molecule has 3 amide bonds. The second-order valence-corrected chi connectivity index (χ2v) is 4.54. The van der Waals surface area contributed by atoms with E-state index in [4.69, 9.17) is 4.74 Å². The first kappa shape index (κ1) is 14.9. The molecule has 2 saturated heterocycles. The lowest BCUT2D eigenvalue weighted by Gasteiger charge is -2.16. The van der Waals surface area contributed by atoms with E-state index in [1.165, 1.54) is 0 Å². The molecule has 2 aliphatic rings. The molecule has 0 aromatic rings. The quantitative estimate of drug-likeness (QED) is 0.412. The summed E-state index contributed by atoms with van der Waals surface area (Å²) in [5.74, 6) is -1.81. The molecule has 0 bridgehead atoms. The summed E-state index contributed by atoms with van der Waals surface area (Å²) in [7, 11) is 0. The summed E-state index contributed by atoms with van der Waals surface area (Å²) < 4.78 is 18.4. The maximum absolute atomic E-state index is 13.7. The number of hydrogen-bond acceptors (Lipinski definition) is 6. The molecule has 2 fully saturated rings. The molecule has 0 aromatic heterocycles. The van der Waals surface area contributed by atoms with Gasteiger partial charge < -0.3 is 9.64 Å². The molecular weight excluding hydrogens is 287 g/mol. The molecule has 0 aromatic carbocycles. The lowest BCUT2D eigenvalue weighted by molar-refractivity contribution is -0.178. The van der Waals surface area contributed by atoms with Crippen molar-refractivity contribution in [3.63, 3.8) is 0 Å². The Morgan fingerprint density at radius 2 is 1.86 bits per heavy atom. The Balaban J connectivity index is 1.88. The van der Waals surface area contributed by atoms with E-state index in [-0.39, 0.29) is 25.9 Å². The zero-order chi connectivity index (χ0) is 15.6. The van der Waals surface area contributed by atoms with Gasteiger partial charge in [0.15, 0.2) is 12.3 Å². The van der Waals surface area contributed by atoms with Crippen molar-refractivity contribution in [1.29, 1.82) is 0 Å². The Kier molecular flexibility index (Phi) is 4.20. The number of halogens is 1. The molecular formula is C12H13FN2O6. The van der Waals surface area contributed by atoms with Crippen molar-refractivity contribution in [2.45, 2.75) is 25.1 Å². The van der Waals surface area contributed by atoms with E-state index >= 15 is 0 Å². The normalized spacial score (nSPS) is 25.2. The number of imide groups is 1. The molecule has 9 heteroatoms. The summed E-state index contributed by atoms with van der Waals surface area (Å²) in [5, 5.41) is 0.303. The fraction of sp³-hybridized carbons (Fsp3) is 0.500. The number of ether oxygens (including phenoxy) is 1. The zero-order valence-electron chi connectivity index (χ0n) is 11.0. The van der Waals surface area contributed by atoms with E-state index in [1.54, 1.807) is 0 Å². The van der Waals surface area contributed by atoms with Crippen LogP contribution in [0.5, 0.6) is 0 Å². The molecule has 0 radical (unpaired) electrons. The predicted molar refractivity (Wildman–Crippen MR) is 64.1 cm³/mol. The van der Waals surface area contributed by atoms with Gasteiger partial charge >= 0.3 is 6.16 Å². The predicted octanol–water partition coefficient (Wildman–Crippen LogP) is -0.0615. The summed E-state index contributed by atoms with van der Waals surface area (Å²) >= 11 is 0. The highest BCUT2D eigenvalue weighted by molar-refractivity contribution is 6.01. The fourth-order valence-corrected chi connectivity index (χ4v) is 2.03. The van der Waals surface area contributed by atoms with Gasteiger partial charge in [0, 0.05) is 12.8 Å². The highest BCUT2D eigenvalue weighted by atomic mass is 19.1. The summed E-state index contributed by atoms with van der Waals surface area (Å²) in [5.41, 5.74) is 0. The molecule has 0 N–H and O–H groups in total. The number of amides is 3. The minimum atomic E-state index is -1.58. The maximum atomic E-state index is 13.7. The average Bonchev–Trinajstić information content (AvgIpc) is 2.95. The van der Waals surface area contributed by atoms with Crippen molar-refractivity contribution in [1.82, 2.24) is 9.96 Å². The summed E-state index contributed by atoms with van der Waals surface area (Å²) in [6.07, 6.45) is -3.24. The minimum Gasteiger partial charge on any atom is -0.424 e. The van der Waals surface area contributed by atoms with Crippen molar-refractivity contribution < 1.29 is 33.1 Å². The van der Waals surface area contributed by atoms with Crippen LogP contribution in [0.1, 0.15) is 12.8 Å². The van der Waals surface area contributed by atoms with Crippen molar-refractivity contribution in [3.8, 4) is 0 Å². The number of carbonyl (C=O) groups excluding carboxylic acids is 4. The Morgan fingerprint density at radius 3 is 2.43 bits per heavy atom. The summed E-state index contributed by atoms with van der Waals surface area (Å²) in [6, 6.07) is 0. The standard InChI is InChI=1S/C12H13FN2O6/c1-2-9(16)14-5-7(13)8(6-14)20-12(19)21-15-10(17)3-4-11(15)18/h2,7-8H,1,3-6H2/t7-,8-/m1/s1. The van der Waals surface area contributed by atoms with Crippen LogP contribution >= 0.6 is 0 Å². The number of likely N-dealkylation sites (tertiary alicyclic amines) is 1. The van der Waals surface area contributed by atoms with E-state index in [0.29, 0.717) is 5.06 Å². The monoisotopic (exact) mass is 300 g/mol. The Hall–Kier alpha value is -2.45. The van der Waals surface area contributed by atoms with Gasteiger partial charge in [0.25, 0.3) is 11.8 Å². The topological polar surface area (TPSA) is 93.2 Å². The summed E-state index contributed by atoms with van der Waals surface area (Å²) in [6.45, 7) is 2.89. The minimum absolute atomic E-state index is 0.0527. The Labute approximate surface area is 119 Å². The second-order valence-electron chi connectivity index (χ2n) is 4.54. The van der Waals surface area contributed by atoms with Crippen LogP contribution in [0.25, 0.3) is 0 Å². The molecule has 21 heavy (non-hydrogen) atoms. The van der Waals surface area contributed by atoms with Crippen molar-refractivity contribution in [3.05, 3.63) is 12.7 Å². The first-order valence-electron chi connectivity index (χ1n) is 6.22. The first-order chi connectivity index (χ1) is 9.92. The Morgan fingerprint density at radius 1 is 1.24 bits per heavy atom. The molecule has 2 rings (SSSR count). The molecule has 0 saturated carbocycles. The van der Waals surface area contributed by atoms with Gasteiger partial charge in [-0.05, 0) is 6.08 Å². The zero-order valence-corrected chi connectivity index (χ0v) is 11.0. The van der Waals surface area contributed by atoms with Gasteiger partial charge in [-0.3, -0.25) is 19.2 Å². The molecule has 0 spiro atoms. The van der Waals surface area contributed by atoms with Crippen LogP contribution in [0.4, 0.5) is 9.18 Å². The van der Waals surface area contributed by atoms with Crippen molar-refractivity contribution in [2.75, 3.05) is 13.1 Å². The number of hydrogen-bond donors (Lipinski definition) is 0. The molecule has 2 aliphatic heterocycles. The first-order valence-corrected chi connectivity index (χ1v) is 6.22. The van der Waals surface area contributed by atoms with Gasteiger partial charge in [0.2, 0.25) is 5.91 Å². The van der Waals surface area contributed by atoms with Crippen LogP contribution < -0.4 is 0 Å². The van der Waals surface area contributed by atoms with E-state index in [2.05, 4.69) is 11.4 Å². The molecule has 0 aliphatic carbocycles. The lowest BCUT2D eigenvalue weighted by atomic mass is 10.3. The number of rotatable bonds is 3. The third-order valence-corrected chi connectivity index (χ3v) is 3.10. The largest absolute Gasteiger partial charge is 0.534 e. The van der Waals surface area contributed by atoms with Gasteiger partial charge in [0.05, 0.1) is 13.1 Å². The number of nitrogens with zero attached hydrogens (tertiary/aromatic N) is 2. The summed E-state index contributed by atoms with van der Waals surface area (Å²) in [4.78, 5) is 50.8. The smallest absolute Gasteiger partial charge is 0.424 e. The maximum Gasteiger partial charge on any atom is 0.534 e. The van der Waals surface area contributed by atoms with Crippen LogP contribution in [0, 0.1) is 0 Å². The van der Waals surface area contributed by atoms with Crippen molar-refractivity contribution in [2.24, 2.45) is 0 Å². The van der Waals surface area contributed by atoms with E-state index in [1.807, 2.05) is 0 Å². The molecule has 114 valence electrons. The molecule has 8 nitrogen and oxygen atoms in total. The van der Waals surface area contributed by atoms with Gasteiger partial charge in [-0.25, -0.2) is 9.18 Å². The number of alkyl halides is 1. The second kappa shape index (κ2) is 5.90. The van der Waals surface area contributed by atoms with Crippen LogP contribution in [-0.4, -0.2) is 59.2 Å². The third kappa shape index (κ3) is 3.18. The third-order valence-electron chi connectivity index (χ3n) is 3.10. The number of carbonyl (C=O) groups is 4. The molecule has 2 atom stereocenters. The van der Waals surface area contributed by atoms with E-state index in [9.17, 15) is 23.6 Å². The van der Waals surface area contributed by atoms with Gasteiger partial charge in [-0.1, -0.05) is 11.6 Å². The highest BCUT2D eigenvalue weighted by Crippen LogP contribution is 2.19. The van der Waals surface area contributed by atoms with Crippen molar-refractivity contribution >= 4 is 23.9 Å². The number of hydroxylamine groups is 2. The lowest BCUT2D eigenvalue weighted by Crippen LogP contribution is -2.35. The van der Waals surface area contributed by atoms with Crippen LogP contribution in [0.2, 0.25) is 0 Å². The fourth-order valence-electron chi connectivity index (χ4n) is 2.03. The van der Waals surface area contributed by atoms with E-state index in [0.717, 1.165) is 11.0 Å². The molecule has 2 heterocycles. The van der Waals surface area contributed by atoms with Gasteiger partial charge in [-0.15, -0.1) is 0 Å². The molecule has 0 unspecified atom stereocenters. The SMILES string of the molecule is C=CC(=O)N1C[C@@H](F)[C@H](OC(=O)ON2C(=O)CCC2=O)C1. The van der Waals surface area contributed by atoms with E-state index < -0.39 is 36.2 Å². The van der Waals surface area contributed by atoms with Gasteiger partial charge in [-0.2, -0.15) is 0 Å². The average molecular weight is 300 g/mol. The van der Waals surface area contributed by atoms with Crippen LogP contribution in [0.3, 0.4) is 0 Å². The van der Waals surface area contributed by atoms with Gasteiger partial charge in [0.1, 0.15) is 0 Å².